The summed E-state index contributed by atoms with van der Waals surface area (Å²) in [7, 11) is 3.67. The normalized spacial score (nSPS) is 23.5. The van der Waals surface area contributed by atoms with Crippen LogP contribution in [0.2, 0.25) is 0 Å². The monoisotopic (exact) mass is 581 g/mol. The second-order valence-corrected chi connectivity index (χ2v) is 13.0. The topological polar surface area (TPSA) is 125 Å². The molecule has 4 aliphatic rings. The molecule has 0 spiro atoms. The standard InChI is InChI=1S/C33H39N7O3/c1-37-31-24(10-21(12-27(31)43-2)33(42)40-17-20-8-9-25(40)29(20)35)36-32(37)26-11-19-4-3-5-23(22-15-38(16-22)28(41)13-34)30(19)39(26)14-18-6-7-18/h3-5,10-12,18,20,22,25,29H,6-9,13-17,34-35H2,1-2H3/t20-,25-,29-/m1/s1. The summed E-state index contributed by atoms with van der Waals surface area (Å²) in [5.41, 5.74) is 17.8. The van der Waals surface area contributed by atoms with Crippen LogP contribution in [0.25, 0.3) is 33.5 Å². The molecule has 2 saturated heterocycles. The average Bonchev–Trinajstić information content (AvgIpc) is 3.38. The molecule has 3 atom stereocenters. The molecule has 0 radical (unpaired) electrons. The summed E-state index contributed by atoms with van der Waals surface area (Å²) in [6, 6.07) is 12.7. The quantitative estimate of drug-likeness (QED) is 0.346. The number of likely N-dealkylation sites (tertiary alicyclic amines) is 2. The highest BCUT2D eigenvalue weighted by molar-refractivity contribution is 6.00. The molecule has 4 N–H and O–H groups in total. The number of piperidine rings is 1. The third kappa shape index (κ3) is 4.10. The van der Waals surface area contributed by atoms with Crippen LogP contribution in [0.1, 0.15) is 47.5 Å². The van der Waals surface area contributed by atoms with Gasteiger partial charge >= 0.3 is 0 Å². The van der Waals surface area contributed by atoms with Crippen LogP contribution in [0.4, 0.5) is 0 Å². The van der Waals surface area contributed by atoms with Crippen LogP contribution in [-0.2, 0) is 18.4 Å². The van der Waals surface area contributed by atoms with Crippen molar-refractivity contribution in [2.75, 3.05) is 33.3 Å². The first-order chi connectivity index (χ1) is 20.9. The Morgan fingerprint density at radius 2 is 1.86 bits per heavy atom. The molecule has 10 nitrogen and oxygen atoms in total. The average molecular weight is 582 g/mol. The van der Waals surface area contributed by atoms with E-state index in [-0.39, 0.29) is 36.4 Å². The number of benzene rings is 2. The molecule has 4 fully saturated rings. The molecule has 4 aromatic rings. The van der Waals surface area contributed by atoms with Crippen LogP contribution in [0, 0.1) is 11.8 Å². The number of aromatic nitrogens is 3. The van der Waals surface area contributed by atoms with E-state index in [4.69, 9.17) is 21.2 Å². The number of ether oxygens (including phenoxy) is 1. The molecule has 2 aromatic heterocycles. The molecule has 2 bridgehead atoms. The second-order valence-electron chi connectivity index (χ2n) is 13.0. The zero-order valence-electron chi connectivity index (χ0n) is 24.8. The number of carbonyl (C=O) groups excluding carboxylic acids is 2. The van der Waals surface area contributed by atoms with Gasteiger partial charge in [0.25, 0.3) is 5.91 Å². The fraction of sp³-hybridized carbons (Fsp3) is 0.485. The van der Waals surface area contributed by atoms with E-state index in [1.54, 1.807) is 7.11 Å². The fourth-order valence-electron chi connectivity index (χ4n) is 7.89. The number of aryl methyl sites for hydroxylation is 1. The van der Waals surface area contributed by atoms with E-state index >= 15 is 0 Å². The van der Waals surface area contributed by atoms with Gasteiger partial charge in [-0.1, -0.05) is 18.2 Å². The van der Waals surface area contributed by atoms with Crippen LogP contribution >= 0.6 is 0 Å². The molecule has 2 aliphatic heterocycles. The van der Waals surface area contributed by atoms with Crippen molar-refractivity contribution in [1.29, 1.82) is 0 Å². The van der Waals surface area contributed by atoms with Crippen molar-refractivity contribution in [3.05, 3.63) is 47.5 Å². The van der Waals surface area contributed by atoms with Crippen molar-refractivity contribution >= 4 is 33.8 Å². The summed E-state index contributed by atoms with van der Waals surface area (Å²) in [6.07, 6.45) is 4.53. The number of hydrogen-bond donors (Lipinski definition) is 2. The number of imidazole rings is 1. The molecule has 2 saturated carbocycles. The molecule has 2 amide bonds. The van der Waals surface area contributed by atoms with Gasteiger partial charge < -0.3 is 35.1 Å². The highest BCUT2D eigenvalue weighted by Crippen LogP contribution is 2.42. The molecule has 2 aliphatic carbocycles. The summed E-state index contributed by atoms with van der Waals surface area (Å²) in [4.78, 5) is 34.8. The third-order valence-corrected chi connectivity index (χ3v) is 10.5. The first kappa shape index (κ1) is 26.7. The van der Waals surface area contributed by atoms with E-state index in [0.717, 1.165) is 48.5 Å². The van der Waals surface area contributed by atoms with Crippen LogP contribution in [0.5, 0.6) is 5.75 Å². The van der Waals surface area contributed by atoms with Crippen LogP contribution < -0.4 is 16.2 Å². The van der Waals surface area contributed by atoms with Gasteiger partial charge in [0.1, 0.15) is 11.3 Å². The van der Waals surface area contributed by atoms with E-state index in [1.165, 1.54) is 29.3 Å². The first-order valence-corrected chi connectivity index (χ1v) is 15.6. The van der Waals surface area contributed by atoms with Crippen molar-refractivity contribution in [3.63, 3.8) is 0 Å². The Balaban J connectivity index is 1.22. The maximum atomic E-state index is 13.7. The van der Waals surface area contributed by atoms with Gasteiger partial charge in [-0.3, -0.25) is 9.59 Å². The SMILES string of the molecule is COc1cc(C(=O)N2C[C@H]3CC[C@@H]2[C@@H]3N)cc2nc(-c3cc4cccc(C5CN(C(=O)CN)C5)c4n3CC3CC3)n(C)c12. The lowest BCUT2D eigenvalue weighted by molar-refractivity contribution is -0.134. The number of nitrogens with zero attached hydrogens (tertiary/aromatic N) is 5. The van der Waals surface area contributed by atoms with Gasteiger partial charge in [-0.25, -0.2) is 4.98 Å². The molecular weight excluding hydrogens is 542 g/mol. The van der Waals surface area contributed by atoms with Gasteiger partial charge in [0.15, 0.2) is 5.82 Å². The van der Waals surface area contributed by atoms with Crippen LogP contribution in [-0.4, -0.2) is 81.1 Å². The smallest absolute Gasteiger partial charge is 0.254 e. The molecule has 2 aromatic carbocycles. The first-order valence-electron chi connectivity index (χ1n) is 15.6. The maximum Gasteiger partial charge on any atom is 0.254 e. The maximum absolute atomic E-state index is 13.7. The predicted molar refractivity (Wildman–Crippen MR) is 165 cm³/mol. The van der Waals surface area contributed by atoms with Gasteiger partial charge in [0.05, 0.1) is 30.4 Å². The number of fused-ring (bicyclic) bond motifs is 4. The predicted octanol–water partition coefficient (Wildman–Crippen LogP) is 3.06. The molecule has 224 valence electrons. The summed E-state index contributed by atoms with van der Waals surface area (Å²) >= 11 is 0. The highest BCUT2D eigenvalue weighted by atomic mass is 16.5. The van der Waals surface area contributed by atoms with Gasteiger partial charge in [-0.15, -0.1) is 0 Å². The zero-order chi connectivity index (χ0) is 29.6. The van der Waals surface area contributed by atoms with E-state index in [2.05, 4.69) is 33.4 Å². The molecule has 4 heterocycles. The van der Waals surface area contributed by atoms with Crippen molar-refractivity contribution in [2.24, 2.45) is 30.4 Å². The molecular formula is C33H39N7O3. The van der Waals surface area contributed by atoms with Gasteiger partial charge in [-0.2, -0.15) is 0 Å². The van der Waals surface area contributed by atoms with E-state index < -0.39 is 0 Å². The Bertz CT molecular complexity index is 1780. The second kappa shape index (κ2) is 9.82. The van der Waals surface area contributed by atoms with Gasteiger partial charge in [-0.05, 0) is 61.3 Å². The Morgan fingerprint density at radius 3 is 2.53 bits per heavy atom. The van der Waals surface area contributed by atoms with E-state index in [0.29, 0.717) is 36.2 Å². The molecule has 0 unspecified atom stereocenters. The van der Waals surface area contributed by atoms with Gasteiger partial charge in [0, 0.05) is 62.2 Å². The van der Waals surface area contributed by atoms with Gasteiger partial charge in [0.2, 0.25) is 5.91 Å². The minimum atomic E-state index is 0.00376. The molecule has 43 heavy (non-hydrogen) atoms. The highest BCUT2D eigenvalue weighted by Gasteiger charge is 2.47. The van der Waals surface area contributed by atoms with Crippen molar-refractivity contribution in [2.45, 2.75) is 50.2 Å². The van der Waals surface area contributed by atoms with Crippen molar-refractivity contribution in [3.8, 4) is 17.3 Å². The number of nitrogens with two attached hydrogens (primary N) is 2. The molecule has 10 heteroatoms. The summed E-state index contributed by atoms with van der Waals surface area (Å²) in [6.45, 7) is 3.10. The Labute approximate surface area is 250 Å². The number of carbonyl (C=O) groups is 2. The fourth-order valence-corrected chi connectivity index (χ4v) is 7.89. The number of rotatable bonds is 7. The largest absolute Gasteiger partial charge is 0.494 e. The lowest BCUT2D eigenvalue weighted by Gasteiger charge is -2.39. The zero-order valence-corrected chi connectivity index (χ0v) is 24.8. The summed E-state index contributed by atoms with van der Waals surface area (Å²) < 4.78 is 10.4. The third-order valence-electron chi connectivity index (χ3n) is 10.5. The minimum Gasteiger partial charge on any atom is -0.494 e. The van der Waals surface area contributed by atoms with Crippen molar-refractivity contribution < 1.29 is 14.3 Å². The van der Waals surface area contributed by atoms with Crippen molar-refractivity contribution in [1.82, 2.24) is 23.9 Å². The van der Waals surface area contributed by atoms with Crippen LogP contribution in [0.3, 0.4) is 0 Å². The Kier molecular flexibility index (Phi) is 6.10. The lowest BCUT2D eigenvalue weighted by Crippen LogP contribution is -2.50. The minimum absolute atomic E-state index is 0.00376. The van der Waals surface area contributed by atoms with Crippen LogP contribution in [0.15, 0.2) is 36.4 Å². The van der Waals surface area contributed by atoms with E-state index in [1.807, 2.05) is 29.0 Å². The number of amides is 2. The Hall–Kier alpha value is -3.89. The van der Waals surface area contributed by atoms with E-state index in [9.17, 15) is 9.59 Å². The summed E-state index contributed by atoms with van der Waals surface area (Å²) in [5, 5.41) is 1.17. The number of methoxy groups -OCH3 is 1. The number of hydrogen-bond acceptors (Lipinski definition) is 6. The lowest BCUT2D eigenvalue weighted by atomic mass is 9.90. The Morgan fingerprint density at radius 1 is 1.05 bits per heavy atom. The number of para-hydroxylation sites is 1. The summed E-state index contributed by atoms with van der Waals surface area (Å²) in [5.74, 6) is 2.81. The molecule has 8 rings (SSSR count).